The van der Waals surface area contributed by atoms with E-state index in [1.165, 1.54) is 0 Å². The van der Waals surface area contributed by atoms with Crippen LogP contribution in [-0.2, 0) is 4.79 Å². The lowest BCUT2D eigenvalue weighted by Gasteiger charge is -2.35. The molecular formula is C20H19ClN4O. The topological polar surface area (TPSA) is 59.4 Å². The van der Waals surface area contributed by atoms with Crippen LogP contribution in [-0.4, -0.2) is 37.0 Å². The molecule has 1 heterocycles. The number of nitriles is 1. The normalized spacial score (nSPS) is 14.7. The van der Waals surface area contributed by atoms with E-state index in [2.05, 4.69) is 10.2 Å². The van der Waals surface area contributed by atoms with Crippen molar-refractivity contribution in [2.45, 2.75) is 0 Å². The van der Waals surface area contributed by atoms with Crippen molar-refractivity contribution in [3.05, 3.63) is 71.4 Å². The third kappa shape index (κ3) is 4.56. The van der Waals surface area contributed by atoms with Gasteiger partial charge in [0.1, 0.15) is 11.6 Å². The molecule has 1 aliphatic rings. The van der Waals surface area contributed by atoms with Gasteiger partial charge in [0.05, 0.1) is 0 Å². The van der Waals surface area contributed by atoms with Gasteiger partial charge in [0.15, 0.2) is 0 Å². The van der Waals surface area contributed by atoms with Crippen LogP contribution in [0.25, 0.3) is 0 Å². The smallest absolute Gasteiger partial charge is 0.267 e. The maximum atomic E-state index is 12.3. The summed E-state index contributed by atoms with van der Waals surface area (Å²) in [6.45, 7) is 3.07. The summed E-state index contributed by atoms with van der Waals surface area (Å²) in [6, 6.07) is 18.9. The number of hydrogen-bond acceptors (Lipinski definition) is 4. The van der Waals surface area contributed by atoms with Crippen molar-refractivity contribution < 1.29 is 4.79 Å². The number of rotatable bonds is 4. The fourth-order valence-corrected chi connectivity index (χ4v) is 3.01. The van der Waals surface area contributed by atoms with Crippen LogP contribution in [0.5, 0.6) is 0 Å². The predicted molar refractivity (Wildman–Crippen MR) is 104 cm³/mol. The first-order valence-corrected chi connectivity index (χ1v) is 8.76. The van der Waals surface area contributed by atoms with Gasteiger partial charge in [-0.2, -0.15) is 5.26 Å². The monoisotopic (exact) mass is 366 g/mol. The first-order chi connectivity index (χ1) is 12.7. The molecule has 1 aliphatic heterocycles. The predicted octanol–water partition coefficient (Wildman–Crippen LogP) is 3.51. The van der Waals surface area contributed by atoms with E-state index >= 15 is 0 Å². The largest absolute Gasteiger partial charge is 0.373 e. The van der Waals surface area contributed by atoms with Gasteiger partial charge in [-0.05, 0) is 30.3 Å². The molecule has 0 unspecified atom stereocenters. The summed E-state index contributed by atoms with van der Waals surface area (Å²) >= 11 is 6.05. The molecule has 0 atom stereocenters. The van der Waals surface area contributed by atoms with Gasteiger partial charge in [0, 0.05) is 48.8 Å². The SMILES string of the molecule is N#C/C(=C/N1CCN(c2cccc(Cl)c2)CC1)C(=O)Nc1ccccc1. The molecule has 5 nitrogen and oxygen atoms in total. The molecule has 0 spiro atoms. The van der Waals surface area contributed by atoms with Crippen LogP contribution < -0.4 is 10.2 Å². The third-order valence-corrected chi connectivity index (χ3v) is 4.43. The van der Waals surface area contributed by atoms with Crippen LogP contribution in [0.2, 0.25) is 5.02 Å². The van der Waals surface area contributed by atoms with Gasteiger partial charge in [0.25, 0.3) is 5.91 Å². The van der Waals surface area contributed by atoms with E-state index in [1.807, 2.05) is 53.4 Å². The quantitative estimate of drug-likeness (QED) is 0.664. The van der Waals surface area contributed by atoms with Gasteiger partial charge < -0.3 is 15.1 Å². The van der Waals surface area contributed by atoms with E-state index in [0.717, 1.165) is 31.9 Å². The highest BCUT2D eigenvalue weighted by atomic mass is 35.5. The molecule has 1 amide bonds. The van der Waals surface area contributed by atoms with E-state index in [1.54, 1.807) is 18.3 Å². The van der Waals surface area contributed by atoms with Crippen LogP contribution in [0.1, 0.15) is 0 Å². The highest BCUT2D eigenvalue weighted by molar-refractivity contribution is 6.30. The zero-order valence-electron chi connectivity index (χ0n) is 14.2. The lowest BCUT2D eigenvalue weighted by Crippen LogP contribution is -2.44. The number of piperazine rings is 1. The average Bonchev–Trinajstić information content (AvgIpc) is 2.67. The minimum atomic E-state index is -0.393. The molecule has 0 aromatic heterocycles. The number of carbonyl (C=O) groups excluding carboxylic acids is 1. The minimum absolute atomic E-state index is 0.102. The van der Waals surface area contributed by atoms with Crippen LogP contribution in [0.3, 0.4) is 0 Å². The highest BCUT2D eigenvalue weighted by Crippen LogP contribution is 2.21. The second-order valence-corrected chi connectivity index (χ2v) is 6.41. The molecule has 0 bridgehead atoms. The Morgan fingerprint density at radius 2 is 1.81 bits per heavy atom. The van der Waals surface area contributed by atoms with Gasteiger partial charge in [-0.1, -0.05) is 35.9 Å². The summed E-state index contributed by atoms with van der Waals surface area (Å²) in [6.07, 6.45) is 1.65. The van der Waals surface area contributed by atoms with Crippen LogP contribution in [0, 0.1) is 11.3 Å². The Morgan fingerprint density at radius 3 is 2.46 bits per heavy atom. The Bertz CT molecular complexity index is 836. The summed E-state index contributed by atoms with van der Waals surface area (Å²) in [5, 5.41) is 12.8. The van der Waals surface area contributed by atoms with Gasteiger partial charge in [-0.15, -0.1) is 0 Å². The van der Waals surface area contributed by atoms with Crippen molar-refractivity contribution in [1.82, 2.24) is 4.90 Å². The number of hydrogen-bond donors (Lipinski definition) is 1. The van der Waals surface area contributed by atoms with Crippen LogP contribution in [0.4, 0.5) is 11.4 Å². The first-order valence-electron chi connectivity index (χ1n) is 8.38. The molecule has 0 radical (unpaired) electrons. The second kappa shape index (κ2) is 8.41. The lowest BCUT2D eigenvalue weighted by atomic mass is 10.2. The third-order valence-electron chi connectivity index (χ3n) is 4.20. The van der Waals surface area contributed by atoms with Crippen LogP contribution >= 0.6 is 11.6 Å². The minimum Gasteiger partial charge on any atom is -0.373 e. The lowest BCUT2D eigenvalue weighted by molar-refractivity contribution is -0.112. The molecule has 2 aromatic rings. The molecule has 1 N–H and O–H groups in total. The second-order valence-electron chi connectivity index (χ2n) is 5.98. The Balaban J connectivity index is 1.61. The Labute approximate surface area is 158 Å². The summed E-state index contributed by atoms with van der Waals surface area (Å²) in [4.78, 5) is 16.5. The highest BCUT2D eigenvalue weighted by Gasteiger charge is 2.18. The van der Waals surface area contributed by atoms with Gasteiger partial charge in [0.2, 0.25) is 0 Å². The number of anilines is 2. The van der Waals surface area contributed by atoms with Gasteiger partial charge >= 0.3 is 0 Å². The standard InChI is InChI=1S/C20H19ClN4O/c21-17-5-4-8-19(13-17)25-11-9-24(10-12-25)15-16(14-22)20(26)23-18-6-2-1-3-7-18/h1-8,13,15H,9-12H2,(H,23,26)/b16-15-. The van der Waals surface area contributed by atoms with Crippen LogP contribution in [0.15, 0.2) is 66.4 Å². The summed E-state index contributed by atoms with van der Waals surface area (Å²) in [7, 11) is 0. The molecule has 1 saturated heterocycles. The summed E-state index contributed by atoms with van der Waals surface area (Å²) < 4.78 is 0. The Morgan fingerprint density at radius 1 is 1.08 bits per heavy atom. The van der Waals surface area contributed by atoms with E-state index in [9.17, 15) is 10.1 Å². The molecule has 6 heteroatoms. The first kappa shape index (κ1) is 17.8. The fourth-order valence-electron chi connectivity index (χ4n) is 2.82. The fraction of sp³-hybridized carbons (Fsp3) is 0.200. The number of nitrogens with one attached hydrogen (secondary N) is 1. The van der Waals surface area contributed by atoms with Crippen molar-refractivity contribution in [2.24, 2.45) is 0 Å². The zero-order valence-corrected chi connectivity index (χ0v) is 15.0. The van der Waals surface area contributed by atoms with E-state index in [0.29, 0.717) is 10.7 Å². The molecular weight excluding hydrogens is 348 g/mol. The van der Waals surface area contributed by atoms with E-state index in [-0.39, 0.29) is 5.57 Å². The zero-order chi connectivity index (χ0) is 18.4. The Hall–Kier alpha value is -2.97. The van der Waals surface area contributed by atoms with Crippen molar-refractivity contribution in [1.29, 1.82) is 5.26 Å². The number of nitrogens with zero attached hydrogens (tertiary/aromatic N) is 3. The molecule has 1 fully saturated rings. The van der Waals surface area contributed by atoms with Gasteiger partial charge in [-0.25, -0.2) is 0 Å². The van der Waals surface area contributed by atoms with Crippen molar-refractivity contribution in [3.63, 3.8) is 0 Å². The van der Waals surface area contributed by atoms with Gasteiger partial charge in [-0.3, -0.25) is 4.79 Å². The Kier molecular flexibility index (Phi) is 5.77. The average molecular weight is 367 g/mol. The maximum absolute atomic E-state index is 12.3. The molecule has 3 rings (SSSR count). The van der Waals surface area contributed by atoms with E-state index in [4.69, 9.17) is 11.6 Å². The molecule has 132 valence electrons. The van der Waals surface area contributed by atoms with Crippen molar-refractivity contribution in [2.75, 3.05) is 36.4 Å². The number of amides is 1. The molecule has 0 aliphatic carbocycles. The summed E-state index contributed by atoms with van der Waals surface area (Å²) in [5.41, 5.74) is 1.86. The molecule has 2 aromatic carbocycles. The number of para-hydroxylation sites is 1. The van der Waals surface area contributed by atoms with E-state index < -0.39 is 5.91 Å². The number of halogens is 1. The number of benzene rings is 2. The van der Waals surface area contributed by atoms with Crippen molar-refractivity contribution in [3.8, 4) is 6.07 Å². The van der Waals surface area contributed by atoms with Crippen molar-refractivity contribution >= 4 is 28.9 Å². The molecule has 0 saturated carbocycles. The maximum Gasteiger partial charge on any atom is 0.267 e. The molecule has 26 heavy (non-hydrogen) atoms. The summed E-state index contributed by atoms with van der Waals surface area (Å²) in [5.74, 6) is -0.393. The number of carbonyl (C=O) groups is 1.